The van der Waals surface area contributed by atoms with Crippen molar-refractivity contribution in [1.29, 1.82) is 0 Å². The lowest BCUT2D eigenvalue weighted by Crippen LogP contribution is -2.30. The molecule has 0 radical (unpaired) electrons. The monoisotopic (exact) mass is 261 g/mol. The second-order valence-electron chi connectivity index (χ2n) is 4.46. The zero-order chi connectivity index (χ0) is 12.7. The SMILES string of the molecule is Cc1cc2c(c[n+]1[O-])C(c1ccc(Cl)cc1)OC2. The minimum absolute atomic E-state index is 0.168. The molecule has 0 saturated heterocycles. The molecular weight excluding hydrogens is 250 g/mol. The molecule has 1 aliphatic rings. The average Bonchev–Trinajstić information content (AvgIpc) is 2.74. The highest BCUT2D eigenvalue weighted by Gasteiger charge is 2.28. The molecule has 2 aromatic rings. The van der Waals surface area contributed by atoms with Crippen LogP contribution in [-0.4, -0.2) is 0 Å². The fourth-order valence-electron chi connectivity index (χ4n) is 2.25. The molecule has 0 spiro atoms. The summed E-state index contributed by atoms with van der Waals surface area (Å²) in [6.07, 6.45) is 1.44. The number of hydrogen-bond donors (Lipinski definition) is 0. The summed E-state index contributed by atoms with van der Waals surface area (Å²) in [7, 11) is 0. The molecule has 1 unspecified atom stereocenters. The van der Waals surface area contributed by atoms with E-state index in [-0.39, 0.29) is 6.10 Å². The van der Waals surface area contributed by atoms with Crippen LogP contribution < -0.4 is 4.73 Å². The van der Waals surface area contributed by atoms with Gasteiger partial charge in [0, 0.05) is 18.0 Å². The van der Waals surface area contributed by atoms with Gasteiger partial charge in [0.15, 0.2) is 11.9 Å². The molecule has 2 heterocycles. The number of aryl methyl sites for hydroxylation is 1. The lowest BCUT2D eigenvalue weighted by atomic mass is 10.0. The summed E-state index contributed by atoms with van der Waals surface area (Å²) >= 11 is 5.87. The molecule has 3 rings (SSSR count). The second-order valence-corrected chi connectivity index (χ2v) is 4.90. The molecule has 3 nitrogen and oxygen atoms in total. The predicted octanol–water partition coefficient (Wildman–Crippen LogP) is 2.90. The van der Waals surface area contributed by atoms with E-state index in [1.165, 1.54) is 0 Å². The Morgan fingerprint density at radius 1 is 1.33 bits per heavy atom. The van der Waals surface area contributed by atoms with Gasteiger partial charge < -0.3 is 9.94 Å². The molecule has 0 bridgehead atoms. The van der Waals surface area contributed by atoms with Crippen LogP contribution in [0.25, 0.3) is 0 Å². The highest BCUT2D eigenvalue weighted by atomic mass is 35.5. The van der Waals surface area contributed by atoms with E-state index in [4.69, 9.17) is 16.3 Å². The van der Waals surface area contributed by atoms with Crippen LogP contribution in [0, 0.1) is 12.1 Å². The third-order valence-electron chi connectivity index (χ3n) is 3.22. The van der Waals surface area contributed by atoms with E-state index in [9.17, 15) is 5.21 Å². The number of halogens is 1. The largest absolute Gasteiger partial charge is 0.618 e. The molecule has 18 heavy (non-hydrogen) atoms. The van der Waals surface area contributed by atoms with Gasteiger partial charge in [0.25, 0.3) is 0 Å². The van der Waals surface area contributed by atoms with Crippen LogP contribution in [0.15, 0.2) is 36.5 Å². The molecule has 1 aromatic carbocycles. The zero-order valence-corrected chi connectivity index (χ0v) is 10.6. The Labute approximate surface area is 110 Å². The maximum Gasteiger partial charge on any atom is 0.190 e. The summed E-state index contributed by atoms with van der Waals surface area (Å²) in [4.78, 5) is 0. The van der Waals surface area contributed by atoms with Crippen molar-refractivity contribution in [2.75, 3.05) is 0 Å². The summed E-state index contributed by atoms with van der Waals surface area (Å²) < 4.78 is 6.65. The Kier molecular flexibility index (Phi) is 2.73. The van der Waals surface area contributed by atoms with Gasteiger partial charge in [-0.15, -0.1) is 0 Å². The van der Waals surface area contributed by atoms with Crippen LogP contribution in [0.2, 0.25) is 5.02 Å². The van der Waals surface area contributed by atoms with Crippen molar-refractivity contribution in [3.8, 4) is 0 Å². The number of rotatable bonds is 1. The fraction of sp³-hybridized carbons (Fsp3) is 0.214. The van der Waals surface area contributed by atoms with Gasteiger partial charge in [0.2, 0.25) is 0 Å². The standard InChI is InChI=1S/C14H12ClNO2/c1-9-6-11-8-18-14(13(11)7-16(9)17)10-2-4-12(15)5-3-10/h2-7,14H,8H2,1H3. The summed E-state index contributed by atoms with van der Waals surface area (Å²) in [6, 6.07) is 9.40. The normalized spacial score (nSPS) is 17.8. The van der Waals surface area contributed by atoms with Gasteiger partial charge in [-0.25, -0.2) is 0 Å². The highest BCUT2D eigenvalue weighted by molar-refractivity contribution is 6.30. The molecule has 0 amide bonds. The third kappa shape index (κ3) is 1.85. The van der Waals surface area contributed by atoms with Crippen LogP contribution in [-0.2, 0) is 11.3 Å². The van der Waals surface area contributed by atoms with Crippen LogP contribution in [0.1, 0.15) is 28.5 Å². The van der Waals surface area contributed by atoms with Crippen LogP contribution in [0.5, 0.6) is 0 Å². The predicted molar refractivity (Wildman–Crippen MR) is 68.2 cm³/mol. The van der Waals surface area contributed by atoms with Crippen molar-refractivity contribution in [2.45, 2.75) is 19.6 Å². The van der Waals surface area contributed by atoms with E-state index in [0.717, 1.165) is 21.4 Å². The Balaban J connectivity index is 2.04. The number of hydrogen-bond acceptors (Lipinski definition) is 2. The van der Waals surface area contributed by atoms with Crippen molar-refractivity contribution in [3.05, 3.63) is 69.1 Å². The van der Waals surface area contributed by atoms with E-state index in [1.807, 2.05) is 30.3 Å². The Hall–Kier alpha value is -1.58. The summed E-state index contributed by atoms with van der Waals surface area (Å²) in [5.74, 6) is 0. The second kappa shape index (κ2) is 4.26. The minimum Gasteiger partial charge on any atom is -0.618 e. The lowest BCUT2D eigenvalue weighted by molar-refractivity contribution is -0.612. The highest BCUT2D eigenvalue weighted by Crippen LogP contribution is 2.35. The molecule has 0 fully saturated rings. The Morgan fingerprint density at radius 3 is 2.78 bits per heavy atom. The molecule has 0 N–H and O–H groups in total. The van der Waals surface area contributed by atoms with Crippen LogP contribution in [0.4, 0.5) is 0 Å². The van der Waals surface area contributed by atoms with Gasteiger partial charge in [-0.2, -0.15) is 4.73 Å². The molecule has 0 aliphatic carbocycles. The van der Waals surface area contributed by atoms with Crippen molar-refractivity contribution in [2.24, 2.45) is 0 Å². The van der Waals surface area contributed by atoms with Crippen molar-refractivity contribution in [3.63, 3.8) is 0 Å². The number of nitrogens with zero attached hydrogens (tertiary/aromatic N) is 1. The molecule has 4 heteroatoms. The van der Waals surface area contributed by atoms with E-state index >= 15 is 0 Å². The molecule has 0 saturated carbocycles. The van der Waals surface area contributed by atoms with Crippen molar-refractivity contribution >= 4 is 11.6 Å². The first-order chi connectivity index (χ1) is 8.65. The van der Waals surface area contributed by atoms with Gasteiger partial charge in [-0.1, -0.05) is 23.7 Å². The van der Waals surface area contributed by atoms with E-state index in [1.54, 1.807) is 13.1 Å². The molecule has 1 aromatic heterocycles. The zero-order valence-electron chi connectivity index (χ0n) is 9.89. The van der Waals surface area contributed by atoms with E-state index < -0.39 is 0 Å². The van der Waals surface area contributed by atoms with Gasteiger partial charge in [-0.05, 0) is 23.3 Å². The number of ether oxygens (including phenoxy) is 1. The van der Waals surface area contributed by atoms with Gasteiger partial charge in [0.1, 0.15) is 6.10 Å². The summed E-state index contributed by atoms with van der Waals surface area (Å²) in [5, 5.41) is 12.3. The molecule has 1 atom stereocenters. The summed E-state index contributed by atoms with van der Waals surface area (Å²) in [6.45, 7) is 2.34. The van der Waals surface area contributed by atoms with Crippen LogP contribution in [0.3, 0.4) is 0 Å². The molecule has 92 valence electrons. The topological polar surface area (TPSA) is 36.2 Å². The van der Waals surface area contributed by atoms with Crippen LogP contribution >= 0.6 is 11.6 Å². The number of pyridine rings is 1. The third-order valence-corrected chi connectivity index (χ3v) is 3.47. The number of aromatic nitrogens is 1. The average molecular weight is 262 g/mol. The quantitative estimate of drug-likeness (QED) is 0.585. The first kappa shape index (κ1) is 11.5. The number of fused-ring (bicyclic) bond motifs is 1. The minimum atomic E-state index is -0.168. The maximum absolute atomic E-state index is 11.6. The Morgan fingerprint density at radius 2 is 2.06 bits per heavy atom. The van der Waals surface area contributed by atoms with E-state index in [2.05, 4.69) is 0 Å². The van der Waals surface area contributed by atoms with Crippen molar-refractivity contribution in [1.82, 2.24) is 0 Å². The first-order valence-electron chi connectivity index (χ1n) is 5.75. The maximum atomic E-state index is 11.6. The van der Waals surface area contributed by atoms with Gasteiger partial charge in [-0.3, -0.25) is 0 Å². The lowest BCUT2D eigenvalue weighted by Gasteiger charge is -2.11. The van der Waals surface area contributed by atoms with Gasteiger partial charge >= 0.3 is 0 Å². The fourth-order valence-corrected chi connectivity index (χ4v) is 2.37. The molecule has 1 aliphatic heterocycles. The van der Waals surface area contributed by atoms with Gasteiger partial charge in [0.05, 0.1) is 12.2 Å². The first-order valence-corrected chi connectivity index (χ1v) is 6.12. The summed E-state index contributed by atoms with van der Waals surface area (Å²) in [5.41, 5.74) is 3.73. The van der Waals surface area contributed by atoms with Crippen molar-refractivity contribution < 1.29 is 9.47 Å². The smallest absolute Gasteiger partial charge is 0.190 e. The number of benzene rings is 1. The molecular formula is C14H12ClNO2. The van der Waals surface area contributed by atoms with E-state index in [0.29, 0.717) is 17.3 Å². The Bertz CT molecular complexity index is 595.